The molecule has 0 saturated heterocycles. The van der Waals surface area contributed by atoms with Crippen LogP contribution in [0.4, 0.5) is 5.69 Å². The number of methoxy groups -OCH3 is 1. The van der Waals surface area contributed by atoms with Gasteiger partial charge in [0.05, 0.1) is 0 Å². The number of halogens is 1. The fraction of sp³-hybridized carbons (Fsp3) is 0.188. The number of hydrogen-bond acceptors (Lipinski definition) is 2. The highest BCUT2D eigenvalue weighted by Gasteiger charge is 2.19. The lowest BCUT2D eigenvalue weighted by atomic mass is 10.1. The molecule has 0 saturated carbocycles. The second-order valence-corrected chi connectivity index (χ2v) is 5.33. The van der Waals surface area contributed by atoms with Crippen molar-refractivity contribution in [1.82, 2.24) is 0 Å². The number of anilines is 1. The minimum atomic E-state index is -0.615. The molecule has 2 aromatic carbocycles. The molecule has 2 rings (SSSR count). The van der Waals surface area contributed by atoms with Gasteiger partial charge in [0.25, 0.3) is 5.91 Å². The summed E-state index contributed by atoms with van der Waals surface area (Å²) in [6, 6.07) is 15.1. The van der Waals surface area contributed by atoms with Crippen molar-refractivity contribution in [2.24, 2.45) is 0 Å². The number of amides is 1. The Morgan fingerprint density at radius 2 is 1.90 bits per heavy atom. The average molecular weight is 334 g/mol. The predicted octanol–water partition coefficient (Wildman–Crippen LogP) is 4.08. The van der Waals surface area contributed by atoms with Gasteiger partial charge in [0.2, 0.25) is 0 Å². The normalized spacial score (nSPS) is 11.9. The lowest BCUT2D eigenvalue weighted by Crippen LogP contribution is -2.22. The van der Waals surface area contributed by atoms with Crippen LogP contribution in [-0.2, 0) is 9.53 Å². The van der Waals surface area contributed by atoms with E-state index in [1.807, 2.05) is 55.5 Å². The van der Waals surface area contributed by atoms with Gasteiger partial charge in [-0.05, 0) is 30.2 Å². The van der Waals surface area contributed by atoms with E-state index in [-0.39, 0.29) is 5.91 Å². The number of benzene rings is 2. The molecule has 2 aromatic rings. The number of ether oxygens (including phenoxy) is 1. The summed E-state index contributed by atoms with van der Waals surface area (Å²) in [6.07, 6.45) is -0.615. The standard InChI is InChI=1S/C16H16BrNO2/c1-11-8-9-13(10-14(11)17)18-16(19)15(20-2)12-6-4-3-5-7-12/h3-10,15H,1-2H3,(H,18,19). The van der Waals surface area contributed by atoms with E-state index in [9.17, 15) is 4.79 Å². The van der Waals surface area contributed by atoms with Gasteiger partial charge < -0.3 is 10.1 Å². The first-order valence-corrected chi connectivity index (χ1v) is 7.06. The van der Waals surface area contributed by atoms with Gasteiger partial charge in [-0.15, -0.1) is 0 Å². The zero-order valence-corrected chi connectivity index (χ0v) is 13.0. The van der Waals surface area contributed by atoms with Gasteiger partial charge >= 0.3 is 0 Å². The lowest BCUT2D eigenvalue weighted by molar-refractivity contribution is -0.126. The van der Waals surface area contributed by atoms with Crippen LogP contribution in [0, 0.1) is 6.92 Å². The first kappa shape index (κ1) is 14.8. The topological polar surface area (TPSA) is 38.3 Å². The van der Waals surface area contributed by atoms with E-state index in [2.05, 4.69) is 21.2 Å². The number of aryl methyl sites for hydroxylation is 1. The molecule has 0 aliphatic rings. The van der Waals surface area contributed by atoms with Crippen molar-refractivity contribution in [3.63, 3.8) is 0 Å². The summed E-state index contributed by atoms with van der Waals surface area (Å²) >= 11 is 3.45. The molecule has 1 N–H and O–H groups in total. The van der Waals surface area contributed by atoms with Crippen molar-refractivity contribution in [2.75, 3.05) is 12.4 Å². The summed E-state index contributed by atoms with van der Waals surface area (Å²) in [5.41, 5.74) is 2.69. The SMILES string of the molecule is COC(C(=O)Nc1ccc(C)c(Br)c1)c1ccccc1. The molecule has 1 amide bonds. The number of rotatable bonds is 4. The summed E-state index contributed by atoms with van der Waals surface area (Å²) in [5.74, 6) is -0.186. The van der Waals surface area contributed by atoms with Crippen LogP contribution in [-0.4, -0.2) is 13.0 Å². The Labute approximate surface area is 127 Å². The first-order chi connectivity index (χ1) is 9.61. The molecule has 0 spiro atoms. The van der Waals surface area contributed by atoms with Crippen molar-refractivity contribution < 1.29 is 9.53 Å². The Kier molecular flexibility index (Phi) is 4.93. The van der Waals surface area contributed by atoms with Crippen LogP contribution < -0.4 is 5.32 Å². The van der Waals surface area contributed by atoms with Gasteiger partial charge in [-0.25, -0.2) is 0 Å². The molecule has 4 heteroatoms. The minimum Gasteiger partial charge on any atom is -0.367 e. The number of carbonyl (C=O) groups excluding carboxylic acids is 1. The van der Waals surface area contributed by atoms with E-state index < -0.39 is 6.10 Å². The number of nitrogens with one attached hydrogen (secondary N) is 1. The Balaban J connectivity index is 2.15. The molecule has 0 radical (unpaired) electrons. The second kappa shape index (κ2) is 6.68. The number of hydrogen-bond donors (Lipinski definition) is 1. The maximum Gasteiger partial charge on any atom is 0.258 e. The van der Waals surface area contributed by atoms with Gasteiger partial charge in [-0.3, -0.25) is 4.79 Å². The maximum atomic E-state index is 12.3. The zero-order valence-electron chi connectivity index (χ0n) is 11.4. The molecule has 0 aromatic heterocycles. The van der Waals surface area contributed by atoms with Crippen molar-refractivity contribution in [2.45, 2.75) is 13.0 Å². The van der Waals surface area contributed by atoms with Gasteiger partial charge in [0, 0.05) is 17.3 Å². The molecular weight excluding hydrogens is 318 g/mol. The van der Waals surface area contributed by atoms with E-state index in [1.165, 1.54) is 7.11 Å². The minimum absolute atomic E-state index is 0.186. The molecule has 104 valence electrons. The fourth-order valence-corrected chi connectivity index (χ4v) is 2.28. The van der Waals surface area contributed by atoms with E-state index >= 15 is 0 Å². The molecule has 1 unspecified atom stereocenters. The molecule has 20 heavy (non-hydrogen) atoms. The Hall–Kier alpha value is -1.65. The molecule has 3 nitrogen and oxygen atoms in total. The third-order valence-corrected chi connectivity index (χ3v) is 3.87. The van der Waals surface area contributed by atoms with Crippen LogP contribution >= 0.6 is 15.9 Å². The number of carbonyl (C=O) groups is 1. The van der Waals surface area contributed by atoms with Crippen LogP contribution in [0.5, 0.6) is 0 Å². The summed E-state index contributed by atoms with van der Waals surface area (Å²) < 4.78 is 6.26. The van der Waals surface area contributed by atoms with Crippen molar-refractivity contribution in [1.29, 1.82) is 0 Å². The monoisotopic (exact) mass is 333 g/mol. The fourth-order valence-electron chi connectivity index (χ4n) is 1.90. The van der Waals surface area contributed by atoms with E-state index in [4.69, 9.17) is 4.74 Å². The molecule has 0 aliphatic heterocycles. The highest BCUT2D eigenvalue weighted by atomic mass is 79.9. The first-order valence-electron chi connectivity index (χ1n) is 6.26. The second-order valence-electron chi connectivity index (χ2n) is 4.48. The van der Waals surface area contributed by atoms with Crippen molar-refractivity contribution in [3.8, 4) is 0 Å². The van der Waals surface area contributed by atoms with Crippen LogP contribution in [0.2, 0.25) is 0 Å². The summed E-state index contributed by atoms with van der Waals surface area (Å²) in [7, 11) is 1.53. The average Bonchev–Trinajstić information content (AvgIpc) is 2.45. The highest BCUT2D eigenvalue weighted by molar-refractivity contribution is 9.10. The Morgan fingerprint density at radius 3 is 2.50 bits per heavy atom. The molecule has 1 atom stereocenters. The van der Waals surface area contributed by atoms with Gasteiger partial charge in [0.1, 0.15) is 0 Å². The van der Waals surface area contributed by atoms with Crippen LogP contribution in [0.1, 0.15) is 17.2 Å². The van der Waals surface area contributed by atoms with Crippen LogP contribution in [0.3, 0.4) is 0 Å². The summed E-state index contributed by atoms with van der Waals surface area (Å²) in [6.45, 7) is 2.00. The molecule has 0 heterocycles. The van der Waals surface area contributed by atoms with Crippen LogP contribution in [0.15, 0.2) is 53.0 Å². The maximum absolute atomic E-state index is 12.3. The molecule has 0 bridgehead atoms. The molecular formula is C16H16BrNO2. The predicted molar refractivity (Wildman–Crippen MR) is 83.7 cm³/mol. The summed E-state index contributed by atoms with van der Waals surface area (Å²) in [4.78, 5) is 12.3. The van der Waals surface area contributed by atoms with Crippen molar-refractivity contribution in [3.05, 3.63) is 64.1 Å². The Morgan fingerprint density at radius 1 is 1.20 bits per heavy atom. The third kappa shape index (κ3) is 3.46. The van der Waals surface area contributed by atoms with Crippen LogP contribution in [0.25, 0.3) is 0 Å². The van der Waals surface area contributed by atoms with E-state index in [0.29, 0.717) is 0 Å². The third-order valence-electron chi connectivity index (χ3n) is 3.02. The van der Waals surface area contributed by atoms with Crippen molar-refractivity contribution >= 4 is 27.5 Å². The summed E-state index contributed by atoms with van der Waals surface area (Å²) in [5, 5.41) is 2.87. The van der Waals surface area contributed by atoms with E-state index in [0.717, 1.165) is 21.3 Å². The smallest absolute Gasteiger partial charge is 0.258 e. The highest BCUT2D eigenvalue weighted by Crippen LogP contribution is 2.23. The lowest BCUT2D eigenvalue weighted by Gasteiger charge is -2.16. The largest absolute Gasteiger partial charge is 0.367 e. The van der Waals surface area contributed by atoms with Gasteiger partial charge in [0.15, 0.2) is 6.10 Å². The molecule has 0 aliphatic carbocycles. The molecule has 0 fully saturated rings. The van der Waals surface area contributed by atoms with Gasteiger partial charge in [-0.1, -0.05) is 52.3 Å². The van der Waals surface area contributed by atoms with E-state index in [1.54, 1.807) is 0 Å². The Bertz CT molecular complexity index is 599. The van der Waals surface area contributed by atoms with Gasteiger partial charge in [-0.2, -0.15) is 0 Å². The zero-order chi connectivity index (χ0) is 14.5. The quantitative estimate of drug-likeness (QED) is 0.915.